The largest absolute Gasteiger partial charge is 0.493 e. The van der Waals surface area contributed by atoms with E-state index in [1.165, 1.54) is 4.68 Å². The molecule has 1 aromatic heterocycles. The zero-order valence-electron chi connectivity index (χ0n) is 11.0. The van der Waals surface area contributed by atoms with Crippen molar-refractivity contribution in [2.24, 2.45) is 5.73 Å². The maximum absolute atomic E-state index is 5.58. The monoisotopic (exact) mass is 265 g/mol. The van der Waals surface area contributed by atoms with Crippen molar-refractivity contribution in [1.82, 2.24) is 20.2 Å². The van der Waals surface area contributed by atoms with Crippen molar-refractivity contribution in [3.8, 4) is 22.9 Å². The third-order valence-electron chi connectivity index (χ3n) is 2.61. The number of methoxy groups -OCH3 is 3. The van der Waals surface area contributed by atoms with E-state index in [2.05, 4.69) is 15.5 Å². The Labute approximate surface area is 110 Å². The van der Waals surface area contributed by atoms with Gasteiger partial charge in [-0.3, -0.25) is 0 Å². The first-order valence-corrected chi connectivity index (χ1v) is 5.52. The van der Waals surface area contributed by atoms with Gasteiger partial charge in [0.1, 0.15) is 0 Å². The molecule has 0 aliphatic heterocycles. The van der Waals surface area contributed by atoms with E-state index in [9.17, 15) is 0 Å². The summed E-state index contributed by atoms with van der Waals surface area (Å²) in [6, 6.07) is 3.49. The summed E-state index contributed by atoms with van der Waals surface area (Å²) in [5.74, 6) is 2.09. The van der Waals surface area contributed by atoms with Gasteiger partial charge in [0.15, 0.2) is 17.3 Å². The van der Waals surface area contributed by atoms with E-state index in [0.29, 0.717) is 28.8 Å². The highest BCUT2D eigenvalue weighted by atomic mass is 16.5. The molecule has 0 radical (unpaired) electrons. The summed E-state index contributed by atoms with van der Waals surface area (Å²) >= 11 is 0. The predicted molar refractivity (Wildman–Crippen MR) is 66.7 cm³/mol. The third kappa shape index (κ3) is 2.29. The Morgan fingerprint density at radius 3 is 2.21 bits per heavy atom. The van der Waals surface area contributed by atoms with Crippen LogP contribution in [0.15, 0.2) is 12.1 Å². The Morgan fingerprint density at radius 1 is 1.11 bits per heavy atom. The van der Waals surface area contributed by atoms with E-state index in [4.69, 9.17) is 19.9 Å². The Morgan fingerprint density at radius 2 is 1.74 bits per heavy atom. The van der Waals surface area contributed by atoms with Gasteiger partial charge in [0.25, 0.3) is 0 Å². The molecule has 2 N–H and O–H groups in total. The number of hydrogen-bond acceptors (Lipinski definition) is 7. The van der Waals surface area contributed by atoms with Crippen LogP contribution in [-0.2, 0) is 6.54 Å². The average molecular weight is 265 g/mol. The van der Waals surface area contributed by atoms with Crippen molar-refractivity contribution in [2.75, 3.05) is 21.3 Å². The highest BCUT2D eigenvalue weighted by molar-refractivity contribution is 5.58. The van der Waals surface area contributed by atoms with Crippen molar-refractivity contribution in [2.45, 2.75) is 6.54 Å². The first-order valence-electron chi connectivity index (χ1n) is 5.52. The maximum atomic E-state index is 5.58. The van der Waals surface area contributed by atoms with Crippen LogP contribution in [0.5, 0.6) is 17.2 Å². The number of tetrazole rings is 1. The molecule has 0 atom stereocenters. The molecule has 102 valence electrons. The average Bonchev–Trinajstić information content (AvgIpc) is 2.93. The number of nitrogens with zero attached hydrogens (tertiary/aromatic N) is 4. The quantitative estimate of drug-likeness (QED) is 0.821. The summed E-state index contributed by atoms with van der Waals surface area (Å²) in [6.07, 6.45) is 0. The van der Waals surface area contributed by atoms with E-state index in [0.717, 1.165) is 0 Å². The Kier molecular flexibility index (Phi) is 3.81. The summed E-state index contributed by atoms with van der Waals surface area (Å²) in [7, 11) is 4.64. The van der Waals surface area contributed by atoms with Gasteiger partial charge in [0.05, 0.1) is 33.6 Å². The zero-order chi connectivity index (χ0) is 13.8. The molecule has 0 aliphatic carbocycles. The van der Waals surface area contributed by atoms with E-state index < -0.39 is 0 Å². The van der Waals surface area contributed by atoms with Crippen molar-refractivity contribution >= 4 is 0 Å². The molecule has 0 aliphatic rings. The molecule has 8 heteroatoms. The van der Waals surface area contributed by atoms with Crippen LogP contribution in [0.25, 0.3) is 5.69 Å². The molecule has 0 spiro atoms. The molecule has 2 rings (SSSR count). The lowest BCUT2D eigenvalue weighted by Gasteiger charge is -2.14. The van der Waals surface area contributed by atoms with Gasteiger partial charge in [-0.25, -0.2) is 0 Å². The smallest absolute Gasteiger partial charge is 0.203 e. The molecule has 0 bridgehead atoms. The Balaban J connectivity index is 2.59. The lowest BCUT2D eigenvalue weighted by atomic mass is 10.2. The van der Waals surface area contributed by atoms with E-state index in [-0.39, 0.29) is 6.54 Å². The van der Waals surface area contributed by atoms with Crippen molar-refractivity contribution in [3.63, 3.8) is 0 Å². The Bertz CT molecular complexity index is 544. The lowest BCUT2D eigenvalue weighted by Crippen LogP contribution is -2.08. The minimum absolute atomic E-state index is 0.226. The van der Waals surface area contributed by atoms with E-state index in [1.807, 2.05) is 0 Å². The Hall–Kier alpha value is -2.35. The summed E-state index contributed by atoms with van der Waals surface area (Å²) in [4.78, 5) is 0. The van der Waals surface area contributed by atoms with Gasteiger partial charge < -0.3 is 19.9 Å². The maximum Gasteiger partial charge on any atom is 0.203 e. The van der Waals surface area contributed by atoms with Gasteiger partial charge in [0, 0.05) is 12.1 Å². The van der Waals surface area contributed by atoms with Gasteiger partial charge in [-0.05, 0) is 10.4 Å². The molecule has 2 aromatic rings. The second-order valence-corrected chi connectivity index (χ2v) is 3.59. The summed E-state index contributed by atoms with van der Waals surface area (Å²) in [6.45, 7) is 0.226. The molecule has 0 unspecified atom stereocenters. The topological polar surface area (TPSA) is 97.3 Å². The second-order valence-electron chi connectivity index (χ2n) is 3.59. The molecule has 19 heavy (non-hydrogen) atoms. The van der Waals surface area contributed by atoms with Crippen molar-refractivity contribution in [3.05, 3.63) is 18.0 Å². The lowest BCUT2D eigenvalue weighted by molar-refractivity contribution is 0.324. The van der Waals surface area contributed by atoms with Crippen LogP contribution in [0, 0.1) is 0 Å². The van der Waals surface area contributed by atoms with Crippen LogP contribution in [0.3, 0.4) is 0 Å². The van der Waals surface area contributed by atoms with Gasteiger partial charge in [-0.15, -0.1) is 5.10 Å². The van der Waals surface area contributed by atoms with Crippen LogP contribution in [-0.4, -0.2) is 41.5 Å². The first kappa shape index (κ1) is 13.1. The normalized spacial score (nSPS) is 10.3. The minimum Gasteiger partial charge on any atom is -0.493 e. The highest BCUT2D eigenvalue weighted by Gasteiger charge is 2.16. The van der Waals surface area contributed by atoms with Gasteiger partial charge >= 0.3 is 0 Å². The number of hydrogen-bond donors (Lipinski definition) is 1. The van der Waals surface area contributed by atoms with Crippen LogP contribution >= 0.6 is 0 Å². The summed E-state index contributed by atoms with van der Waals surface area (Å²) in [5, 5.41) is 11.3. The molecular weight excluding hydrogens is 250 g/mol. The SMILES string of the molecule is COc1cc(-n2nnnc2CN)cc(OC)c1OC. The first-order chi connectivity index (χ1) is 9.24. The number of nitrogens with two attached hydrogens (primary N) is 1. The fraction of sp³-hybridized carbons (Fsp3) is 0.364. The molecule has 0 amide bonds. The number of rotatable bonds is 5. The van der Waals surface area contributed by atoms with Crippen molar-refractivity contribution in [1.29, 1.82) is 0 Å². The number of benzene rings is 1. The summed E-state index contributed by atoms with van der Waals surface area (Å²) in [5.41, 5.74) is 6.26. The van der Waals surface area contributed by atoms with Crippen LogP contribution in [0.4, 0.5) is 0 Å². The van der Waals surface area contributed by atoms with E-state index >= 15 is 0 Å². The van der Waals surface area contributed by atoms with Crippen LogP contribution in [0.1, 0.15) is 5.82 Å². The van der Waals surface area contributed by atoms with Gasteiger partial charge in [-0.2, -0.15) is 4.68 Å². The standard InChI is InChI=1S/C11H15N5O3/c1-17-8-4-7(5-9(18-2)11(8)19-3)16-10(6-12)13-14-15-16/h4-5H,6,12H2,1-3H3. The van der Waals surface area contributed by atoms with Crippen LogP contribution in [0.2, 0.25) is 0 Å². The molecule has 0 saturated carbocycles. The molecule has 1 heterocycles. The number of aromatic nitrogens is 4. The fourth-order valence-electron chi connectivity index (χ4n) is 1.72. The molecule has 0 fully saturated rings. The molecule has 1 aromatic carbocycles. The minimum atomic E-state index is 0.226. The van der Waals surface area contributed by atoms with Crippen LogP contribution < -0.4 is 19.9 Å². The molecular formula is C11H15N5O3. The predicted octanol–water partition coefficient (Wildman–Crippen LogP) is 0.147. The fourth-order valence-corrected chi connectivity index (χ4v) is 1.72. The van der Waals surface area contributed by atoms with Gasteiger partial charge in [0.2, 0.25) is 5.75 Å². The van der Waals surface area contributed by atoms with E-state index in [1.54, 1.807) is 33.5 Å². The highest BCUT2D eigenvalue weighted by Crippen LogP contribution is 2.39. The van der Waals surface area contributed by atoms with Gasteiger partial charge in [-0.1, -0.05) is 0 Å². The number of ether oxygens (including phenoxy) is 3. The van der Waals surface area contributed by atoms with Crippen molar-refractivity contribution < 1.29 is 14.2 Å². The molecule has 8 nitrogen and oxygen atoms in total. The third-order valence-corrected chi connectivity index (χ3v) is 2.61. The summed E-state index contributed by atoms with van der Waals surface area (Å²) < 4.78 is 17.3. The zero-order valence-corrected chi connectivity index (χ0v) is 11.0. The second kappa shape index (κ2) is 5.53. The molecule has 0 saturated heterocycles.